The maximum absolute atomic E-state index is 11.0. The Morgan fingerprint density at radius 3 is 2.81 bits per heavy atom. The van der Waals surface area contributed by atoms with Gasteiger partial charge in [-0.25, -0.2) is 4.98 Å². The number of anilines is 1. The highest BCUT2D eigenvalue weighted by molar-refractivity contribution is 7.13. The van der Waals surface area contributed by atoms with Gasteiger partial charge in [-0.2, -0.15) is 0 Å². The van der Waals surface area contributed by atoms with Crippen LogP contribution < -0.4 is 10.6 Å². The highest BCUT2D eigenvalue weighted by Gasteiger charge is 2.18. The molecule has 21 heavy (non-hydrogen) atoms. The first-order valence-corrected chi connectivity index (χ1v) is 7.77. The number of amides is 1. The second-order valence-corrected chi connectivity index (χ2v) is 5.76. The molecule has 6 nitrogen and oxygen atoms in total. The molecule has 2 aromatic heterocycles. The Bertz CT molecular complexity index is 601. The van der Waals surface area contributed by atoms with Crippen LogP contribution in [0.25, 0.3) is 0 Å². The summed E-state index contributed by atoms with van der Waals surface area (Å²) >= 11 is 1.43. The number of nitrogens with zero attached hydrogens (tertiary/aromatic N) is 2. The minimum atomic E-state index is -0.106. The van der Waals surface area contributed by atoms with Gasteiger partial charge in [0.1, 0.15) is 5.76 Å². The van der Waals surface area contributed by atoms with Crippen molar-refractivity contribution in [3.05, 3.63) is 28.1 Å². The van der Waals surface area contributed by atoms with E-state index in [1.165, 1.54) is 18.3 Å². The van der Waals surface area contributed by atoms with Gasteiger partial charge in [-0.1, -0.05) is 12.1 Å². The Morgan fingerprint density at radius 2 is 2.24 bits per heavy atom. The highest BCUT2D eigenvalue weighted by Crippen LogP contribution is 2.24. The fourth-order valence-electron chi connectivity index (χ4n) is 2.26. The van der Waals surface area contributed by atoms with Gasteiger partial charge in [0.25, 0.3) is 0 Å². The van der Waals surface area contributed by atoms with Gasteiger partial charge in [-0.05, 0) is 20.3 Å². The Balaban J connectivity index is 2.00. The third-order valence-corrected chi connectivity index (χ3v) is 4.02. The Hall–Kier alpha value is -1.73. The number of thiazole rings is 1. The summed E-state index contributed by atoms with van der Waals surface area (Å²) in [5, 5.41) is 12.7. The SMILES string of the molecule is CCC(NCc1csc(NC(C)=O)n1)c1c(C)noc1C. The van der Waals surface area contributed by atoms with Crippen molar-refractivity contribution in [2.24, 2.45) is 0 Å². The van der Waals surface area contributed by atoms with Gasteiger partial charge in [0, 0.05) is 30.5 Å². The summed E-state index contributed by atoms with van der Waals surface area (Å²) in [6.07, 6.45) is 0.936. The average Bonchev–Trinajstić information content (AvgIpc) is 2.99. The van der Waals surface area contributed by atoms with Gasteiger partial charge in [0.2, 0.25) is 5.91 Å². The monoisotopic (exact) mass is 308 g/mol. The average molecular weight is 308 g/mol. The van der Waals surface area contributed by atoms with E-state index in [1.807, 2.05) is 19.2 Å². The molecule has 0 aromatic carbocycles. The predicted molar refractivity (Wildman–Crippen MR) is 82.3 cm³/mol. The summed E-state index contributed by atoms with van der Waals surface area (Å²) < 4.78 is 5.23. The van der Waals surface area contributed by atoms with Crippen LogP contribution in [0, 0.1) is 13.8 Å². The standard InChI is InChI=1S/C14H20N4O2S/c1-5-12(13-8(2)18-20-9(13)3)15-6-11-7-21-14(17-11)16-10(4)19/h7,12,15H,5-6H2,1-4H3,(H,16,17,19). The van der Waals surface area contributed by atoms with Crippen molar-refractivity contribution in [1.82, 2.24) is 15.5 Å². The smallest absolute Gasteiger partial charge is 0.223 e. The van der Waals surface area contributed by atoms with Crippen LogP contribution >= 0.6 is 11.3 Å². The lowest BCUT2D eigenvalue weighted by Gasteiger charge is -2.16. The minimum Gasteiger partial charge on any atom is -0.361 e. The van der Waals surface area contributed by atoms with Crippen LogP contribution in [0.15, 0.2) is 9.90 Å². The number of hydrogen-bond donors (Lipinski definition) is 2. The van der Waals surface area contributed by atoms with E-state index in [2.05, 4.69) is 27.7 Å². The van der Waals surface area contributed by atoms with Crippen molar-refractivity contribution in [2.45, 2.75) is 46.7 Å². The number of carbonyl (C=O) groups excluding carboxylic acids is 1. The molecule has 1 unspecified atom stereocenters. The number of aryl methyl sites for hydroxylation is 2. The number of hydrogen-bond acceptors (Lipinski definition) is 6. The quantitative estimate of drug-likeness (QED) is 0.857. The molecule has 1 atom stereocenters. The maximum atomic E-state index is 11.0. The fraction of sp³-hybridized carbons (Fsp3) is 0.500. The molecule has 0 fully saturated rings. The molecule has 2 rings (SSSR count). The van der Waals surface area contributed by atoms with Crippen molar-refractivity contribution in [1.29, 1.82) is 0 Å². The molecule has 0 radical (unpaired) electrons. The van der Waals surface area contributed by atoms with E-state index >= 15 is 0 Å². The van der Waals surface area contributed by atoms with E-state index in [0.717, 1.165) is 29.1 Å². The van der Waals surface area contributed by atoms with Gasteiger partial charge in [0.15, 0.2) is 5.13 Å². The molecule has 0 spiro atoms. The summed E-state index contributed by atoms with van der Waals surface area (Å²) in [6.45, 7) is 8.11. The molecule has 7 heteroatoms. The normalized spacial score (nSPS) is 12.4. The highest BCUT2D eigenvalue weighted by atomic mass is 32.1. The fourth-order valence-corrected chi connectivity index (χ4v) is 3.02. The first-order valence-electron chi connectivity index (χ1n) is 6.89. The molecule has 2 heterocycles. The first-order chi connectivity index (χ1) is 10.0. The van der Waals surface area contributed by atoms with E-state index in [4.69, 9.17) is 4.52 Å². The Kier molecular flexibility index (Phi) is 5.08. The molecule has 0 aliphatic heterocycles. The van der Waals surface area contributed by atoms with Gasteiger partial charge in [0.05, 0.1) is 11.4 Å². The van der Waals surface area contributed by atoms with Crippen molar-refractivity contribution in [3.8, 4) is 0 Å². The second-order valence-electron chi connectivity index (χ2n) is 4.90. The largest absolute Gasteiger partial charge is 0.361 e. The molecule has 2 aromatic rings. The van der Waals surface area contributed by atoms with E-state index in [0.29, 0.717) is 11.7 Å². The number of rotatable bonds is 6. The lowest BCUT2D eigenvalue weighted by atomic mass is 10.0. The molecule has 0 saturated heterocycles. The zero-order valence-corrected chi connectivity index (χ0v) is 13.5. The second kappa shape index (κ2) is 6.82. The first kappa shape index (κ1) is 15.7. The number of aromatic nitrogens is 2. The van der Waals surface area contributed by atoms with Crippen molar-refractivity contribution >= 4 is 22.4 Å². The maximum Gasteiger partial charge on any atom is 0.223 e. The molecule has 0 aliphatic rings. The van der Waals surface area contributed by atoms with Crippen LogP contribution in [0.1, 0.15) is 49.0 Å². The molecule has 0 saturated carbocycles. The summed E-state index contributed by atoms with van der Waals surface area (Å²) in [4.78, 5) is 15.4. The van der Waals surface area contributed by atoms with Gasteiger partial charge in [-0.15, -0.1) is 11.3 Å². The zero-order valence-electron chi connectivity index (χ0n) is 12.7. The van der Waals surface area contributed by atoms with Crippen LogP contribution in [0.5, 0.6) is 0 Å². The van der Waals surface area contributed by atoms with E-state index < -0.39 is 0 Å². The Morgan fingerprint density at radius 1 is 1.48 bits per heavy atom. The van der Waals surface area contributed by atoms with Crippen molar-refractivity contribution in [3.63, 3.8) is 0 Å². The zero-order chi connectivity index (χ0) is 15.4. The molecular weight excluding hydrogens is 288 g/mol. The number of carbonyl (C=O) groups is 1. The van der Waals surface area contributed by atoms with E-state index in [1.54, 1.807) is 0 Å². The molecule has 0 bridgehead atoms. The van der Waals surface area contributed by atoms with Gasteiger partial charge < -0.3 is 15.2 Å². The lowest BCUT2D eigenvalue weighted by Crippen LogP contribution is -2.21. The van der Waals surface area contributed by atoms with Crippen molar-refractivity contribution < 1.29 is 9.32 Å². The molecular formula is C14H20N4O2S. The van der Waals surface area contributed by atoms with Crippen LogP contribution in [0.4, 0.5) is 5.13 Å². The predicted octanol–water partition coefficient (Wildman–Crippen LogP) is 2.95. The lowest BCUT2D eigenvalue weighted by molar-refractivity contribution is -0.114. The third kappa shape index (κ3) is 3.89. The van der Waals surface area contributed by atoms with E-state index in [9.17, 15) is 4.79 Å². The Labute approximate surface area is 127 Å². The van der Waals surface area contributed by atoms with Gasteiger partial charge >= 0.3 is 0 Å². The van der Waals surface area contributed by atoms with Crippen LogP contribution in [-0.4, -0.2) is 16.0 Å². The number of nitrogens with one attached hydrogen (secondary N) is 2. The van der Waals surface area contributed by atoms with Crippen LogP contribution in [0.3, 0.4) is 0 Å². The summed E-state index contributed by atoms with van der Waals surface area (Å²) in [7, 11) is 0. The minimum absolute atomic E-state index is 0.106. The van der Waals surface area contributed by atoms with Crippen LogP contribution in [0.2, 0.25) is 0 Å². The molecule has 0 aliphatic carbocycles. The van der Waals surface area contributed by atoms with Crippen molar-refractivity contribution in [2.75, 3.05) is 5.32 Å². The summed E-state index contributed by atoms with van der Waals surface area (Å²) in [6, 6.07) is 0.183. The summed E-state index contributed by atoms with van der Waals surface area (Å²) in [5.74, 6) is 0.745. The van der Waals surface area contributed by atoms with E-state index in [-0.39, 0.29) is 11.9 Å². The molecule has 2 N–H and O–H groups in total. The topological polar surface area (TPSA) is 80.0 Å². The van der Waals surface area contributed by atoms with Crippen LogP contribution in [-0.2, 0) is 11.3 Å². The molecule has 1 amide bonds. The molecule has 114 valence electrons. The third-order valence-electron chi connectivity index (χ3n) is 3.21. The summed E-state index contributed by atoms with van der Waals surface area (Å²) in [5.41, 5.74) is 2.95. The van der Waals surface area contributed by atoms with Gasteiger partial charge in [-0.3, -0.25) is 4.79 Å².